The highest BCUT2D eigenvalue weighted by Gasteiger charge is 2.15. The highest BCUT2D eigenvalue weighted by atomic mass is 15.1. The molecule has 0 saturated heterocycles. The molecule has 1 unspecified atom stereocenters. The summed E-state index contributed by atoms with van der Waals surface area (Å²) in [7, 11) is 2.19. The van der Waals surface area contributed by atoms with E-state index in [2.05, 4.69) is 52.6 Å². The summed E-state index contributed by atoms with van der Waals surface area (Å²) in [5, 5.41) is 0. The summed E-state index contributed by atoms with van der Waals surface area (Å²) in [6.07, 6.45) is 1.14. The van der Waals surface area contributed by atoms with Crippen molar-refractivity contribution in [3.05, 3.63) is 28.3 Å². The van der Waals surface area contributed by atoms with Gasteiger partial charge in [-0.25, -0.2) is 0 Å². The lowest BCUT2D eigenvalue weighted by molar-refractivity contribution is 0.520. The van der Waals surface area contributed by atoms with Crippen molar-refractivity contribution in [3.8, 4) is 0 Å². The van der Waals surface area contributed by atoms with E-state index in [1.165, 1.54) is 27.9 Å². The fourth-order valence-corrected chi connectivity index (χ4v) is 2.62. The van der Waals surface area contributed by atoms with E-state index in [0.29, 0.717) is 5.92 Å². The second-order valence-corrected chi connectivity index (χ2v) is 5.50. The van der Waals surface area contributed by atoms with Crippen molar-refractivity contribution in [2.24, 2.45) is 11.7 Å². The van der Waals surface area contributed by atoms with Crippen LogP contribution in [0.3, 0.4) is 0 Å². The lowest BCUT2D eigenvalue weighted by Crippen LogP contribution is -2.30. The van der Waals surface area contributed by atoms with Crippen molar-refractivity contribution in [2.45, 2.75) is 41.0 Å². The summed E-state index contributed by atoms with van der Waals surface area (Å²) in [6, 6.07) is 2.28. The molecule has 0 aliphatic heterocycles. The van der Waals surface area contributed by atoms with Gasteiger partial charge >= 0.3 is 0 Å². The van der Waals surface area contributed by atoms with Crippen LogP contribution in [0, 0.1) is 33.6 Å². The Hall–Kier alpha value is -1.02. The Morgan fingerprint density at radius 2 is 1.61 bits per heavy atom. The molecule has 1 aromatic rings. The van der Waals surface area contributed by atoms with E-state index < -0.39 is 0 Å². The molecular formula is C16H28N2. The molecule has 0 bridgehead atoms. The Balaban J connectivity index is 3.08. The second-order valence-electron chi connectivity index (χ2n) is 5.50. The number of hydrogen-bond donors (Lipinski definition) is 1. The highest BCUT2D eigenvalue weighted by molar-refractivity contribution is 5.63. The first-order valence-corrected chi connectivity index (χ1v) is 6.90. The quantitative estimate of drug-likeness (QED) is 0.866. The molecule has 1 aromatic carbocycles. The Labute approximate surface area is 112 Å². The van der Waals surface area contributed by atoms with E-state index in [1.807, 2.05) is 0 Å². The normalized spacial score (nSPS) is 12.6. The molecule has 2 heteroatoms. The summed E-state index contributed by atoms with van der Waals surface area (Å²) in [5.74, 6) is 0.578. The average molecular weight is 248 g/mol. The number of anilines is 1. The van der Waals surface area contributed by atoms with Gasteiger partial charge in [0.1, 0.15) is 0 Å². The van der Waals surface area contributed by atoms with Crippen LogP contribution in [0.2, 0.25) is 0 Å². The van der Waals surface area contributed by atoms with E-state index >= 15 is 0 Å². The molecule has 2 nitrogen and oxygen atoms in total. The SMILES string of the molecule is CCC(CN)CN(C)c1c(C)c(C)cc(C)c1C. The number of nitrogens with zero attached hydrogens (tertiary/aromatic N) is 1. The standard InChI is InChI=1S/C16H28N2/c1-7-15(9-17)10-18(6)16-13(4)11(2)8-12(3)14(16)5/h8,15H,7,9-10,17H2,1-6H3. The van der Waals surface area contributed by atoms with Gasteiger partial charge in [0.2, 0.25) is 0 Å². The fraction of sp³-hybridized carbons (Fsp3) is 0.625. The molecule has 1 atom stereocenters. The molecule has 0 fully saturated rings. The molecule has 0 saturated carbocycles. The van der Waals surface area contributed by atoms with Gasteiger partial charge in [-0.1, -0.05) is 19.4 Å². The maximum Gasteiger partial charge on any atom is 0.0428 e. The Bertz CT molecular complexity index is 380. The van der Waals surface area contributed by atoms with E-state index in [4.69, 9.17) is 5.73 Å². The summed E-state index contributed by atoms with van der Waals surface area (Å²) in [6.45, 7) is 12.8. The Kier molecular flexibility index (Phi) is 5.21. The van der Waals surface area contributed by atoms with Gasteiger partial charge in [-0.05, 0) is 62.4 Å². The van der Waals surface area contributed by atoms with Crippen LogP contribution < -0.4 is 10.6 Å². The summed E-state index contributed by atoms with van der Waals surface area (Å²) < 4.78 is 0. The van der Waals surface area contributed by atoms with Crippen molar-refractivity contribution >= 4 is 5.69 Å². The number of rotatable bonds is 5. The summed E-state index contributed by atoms with van der Waals surface area (Å²) in [4.78, 5) is 2.38. The van der Waals surface area contributed by atoms with Crippen LogP contribution in [-0.4, -0.2) is 20.1 Å². The van der Waals surface area contributed by atoms with Gasteiger partial charge in [-0.2, -0.15) is 0 Å². The van der Waals surface area contributed by atoms with E-state index in [1.54, 1.807) is 0 Å². The third-order valence-corrected chi connectivity index (χ3v) is 4.15. The van der Waals surface area contributed by atoms with Crippen LogP contribution in [0.25, 0.3) is 0 Å². The monoisotopic (exact) mass is 248 g/mol. The van der Waals surface area contributed by atoms with E-state index in [0.717, 1.165) is 19.5 Å². The van der Waals surface area contributed by atoms with E-state index in [9.17, 15) is 0 Å². The zero-order valence-corrected chi connectivity index (χ0v) is 12.8. The summed E-state index contributed by atoms with van der Waals surface area (Å²) >= 11 is 0. The van der Waals surface area contributed by atoms with Gasteiger partial charge in [0, 0.05) is 19.3 Å². The molecule has 2 N–H and O–H groups in total. The zero-order valence-electron chi connectivity index (χ0n) is 12.8. The Morgan fingerprint density at radius 3 is 2.00 bits per heavy atom. The van der Waals surface area contributed by atoms with Crippen LogP contribution in [-0.2, 0) is 0 Å². The van der Waals surface area contributed by atoms with Crippen LogP contribution in [0.5, 0.6) is 0 Å². The minimum absolute atomic E-state index is 0.578. The number of benzene rings is 1. The Morgan fingerprint density at radius 1 is 1.11 bits per heavy atom. The van der Waals surface area contributed by atoms with Crippen molar-refractivity contribution in [1.29, 1.82) is 0 Å². The smallest absolute Gasteiger partial charge is 0.0428 e. The van der Waals surface area contributed by atoms with Crippen molar-refractivity contribution in [3.63, 3.8) is 0 Å². The molecule has 0 heterocycles. The largest absolute Gasteiger partial charge is 0.374 e. The molecule has 1 rings (SSSR count). The molecule has 0 aliphatic rings. The van der Waals surface area contributed by atoms with Gasteiger partial charge in [0.15, 0.2) is 0 Å². The maximum atomic E-state index is 5.82. The van der Waals surface area contributed by atoms with Gasteiger partial charge in [-0.15, -0.1) is 0 Å². The topological polar surface area (TPSA) is 29.3 Å². The molecule has 0 radical (unpaired) electrons. The van der Waals surface area contributed by atoms with Crippen LogP contribution in [0.15, 0.2) is 6.07 Å². The predicted octanol–water partition coefficient (Wildman–Crippen LogP) is 3.34. The first-order valence-electron chi connectivity index (χ1n) is 6.90. The van der Waals surface area contributed by atoms with Crippen molar-refractivity contribution in [2.75, 3.05) is 25.0 Å². The minimum Gasteiger partial charge on any atom is -0.374 e. The minimum atomic E-state index is 0.578. The number of nitrogens with two attached hydrogens (primary N) is 1. The fourth-order valence-electron chi connectivity index (χ4n) is 2.62. The average Bonchev–Trinajstić information content (AvgIpc) is 2.33. The molecule has 0 amide bonds. The summed E-state index contributed by atoms with van der Waals surface area (Å²) in [5.41, 5.74) is 12.8. The van der Waals surface area contributed by atoms with Crippen molar-refractivity contribution < 1.29 is 0 Å². The number of hydrogen-bond acceptors (Lipinski definition) is 2. The van der Waals surface area contributed by atoms with E-state index in [-0.39, 0.29) is 0 Å². The van der Waals surface area contributed by atoms with Crippen LogP contribution >= 0.6 is 0 Å². The molecule has 0 spiro atoms. The highest BCUT2D eigenvalue weighted by Crippen LogP contribution is 2.29. The molecular weight excluding hydrogens is 220 g/mol. The zero-order chi connectivity index (χ0) is 13.9. The first kappa shape index (κ1) is 15.0. The van der Waals surface area contributed by atoms with Crippen LogP contribution in [0.4, 0.5) is 5.69 Å². The first-order chi connectivity index (χ1) is 8.42. The van der Waals surface area contributed by atoms with Gasteiger partial charge < -0.3 is 10.6 Å². The third kappa shape index (κ3) is 3.05. The number of aryl methyl sites for hydroxylation is 2. The van der Waals surface area contributed by atoms with Crippen LogP contribution in [0.1, 0.15) is 35.6 Å². The van der Waals surface area contributed by atoms with Gasteiger partial charge in [0.25, 0.3) is 0 Å². The van der Waals surface area contributed by atoms with Gasteiger partial charge in [-0.3, -0.25) is 0 Å². The maximum absolute atomic E-state index is 5.82. The molecule has 0 aliphatic carbocycles. The third-order valence-electron chi connectivity index (χ3n) is 4.15. The lowest BCUT2D eigenvalue weighted by Gasteiger charge is -2.29. The lowest BCUT2D eigenvalue weighted by atomic mass is 9.97. The van der Waals surface area contributed by atoms with Gasteiger partial charge in [0.05, 0.1) is 0 Å². The molecule has 102 valence electrons. The molecule has 0 aromatic heterocycles. The second kappa shape index (κ2) is 6.24. The molecule has 18 heavy (non-hydrogen) atoms. The predicted molar refractivity (Wildman–Crippen MR) is 81.5 cm³/mol. The van der Waals surface area contributed by atoms with Crippen molar-refractivity contribution in [1.82, 2.24) is 0 Å².